The molecule has 0 aromatic rings. The number of β-lactam (4-membered cyclic amide) rings is 1. The first-order valence-electron chi connectivity index (χ1n) is 4.36. The smallest absolute Gasteiger partial charge is 0.294 e. The Morgan fingerprint density at radius 1 is 1.67 bits per heavy atom. The zero-order valence-electron chi connectivity index (χ0n) is 7.80. The number of nitroso groups, excluding NO2 is 1. The van der Waals surface area contributed by atoms with Crippen molar-refractivity contribution >= 4 is 23.6 Å². The van der Waals surface area contributed by atoms with Gasteiger partial charge in [0.25, 0.3) is 0 Å². The lowest BCUT2D eigenvalue weighted by Crippen LogP contribution is -2.53. The first kappa shape index (κ1) is 10.1. The summed E-state index contributed by atoms with van der Waals surface area (Å²) in [6.45, 7) is 3.55. The third-order valence-electron chi connectivity index (χ3n) is 2.41. The number of thioether (sulfide) groups is 1. The van der Waals surface area contributed by atoms with Crippen LogP contribution in [-0.4, -0.2) is 27.8 Å². The van der Waals surface area contributed by atoms with Crippen LogP contribution in [-0.2, 0) is 9.59 Å². The largest absolute Gasteiger partial charge is 0.333 e. The van der Waals surface area contributed by atoms with Crippen molar-refractivity contribution in [2.45, 2.75) is 11.8 Å². The van der Waals surface area contributed by atoms with Gasteiger partial charge in [-0.15, -0.1) is 16.7 Å². The van der Waals surface area contributed by atoms with E-state index < -0.39 is 5.91 Å². The molecule has 2 rings (SSSR count). The number of nitrogens with zero attached hydrogens (tertiary/aromatic N) is 2. The second-order valence-corrected chi connectivity index (χ2v) is 4.37. The molecule has 0 aromatic carbocycles. The Balaban J connectivity index is 2.43. The molecule has 1 unspecified atom stereocenters. The standard InChI is InChI=1S/C9H8N2O3S/c1-2-5-4-15-7-3-6(12)11(7)8(5)9(13)10-14/h2,7H,1,3-4H2. The van der Waals surface area contributed by atoms with Crippen molar-refractivity contribution in [3.63, 3.8) is 0 Å². The molecule has 1 fully saturated rings. The fourth-order valence-corrected chi connectivity index (χ4v) is 2.90. The molecule has 78 valence electrons. The Labute approximate surface area is 90.2 Å². The molecule has 0 bridgehead atoms. The Kier molecular flexibility index (Phi) is 2.44. The van der Waals surface area contributed by atoms with Gasteiger partial charge >= 0.3 is 5.91 Å². The molecule has 2 amide bonds. The molecule has 2 heterocycles. The zero-order valence-corrected chi connectivity index (χ0v) is 8.62. The number of hydrogen-bond acceptors (Lipinski definition) is 4. The lowest BCUT2D eigenvalue weighted by molar-refractivity contribution is -0.141. The topological polar surface area (TPSA) is 66.8 Å². The molecule has 0 saturated carbocycles. The van der Waals surface area contributed by atoms with Crippen LogP contribution in [0.2, 0.25) is 0 Å². The lowest BCUT2D eigenvalue weighted by atomic mass is 10.1. The van der Waals surface area contributed by atoms with Crippen molar-refractivity contribution in [3.05, 3.63) is 28.8 Å². The average molecular weight is 224 g/mol. The van der Waals surface area contributed by atoms with Gasteiger partial charge in [0.05, 0.1) is 11.8 Å². The van der Waals surface area contributed by atoms with E-state index in [0.29, 0.717) is 17.7 Å². The van der Waals surface area contributed by atoms with Crippen molar-refractivity contribution in [3.8, 4) is 0 Å². The number of carbonyl (C=O) groups is 2. The molecule has 0 aromatic heterocycles. The first-order valence-corrected chi connectivity index (χ1v) is 5.41. The number of rotatable bonds is 2. The minimum Gasteiger partial charge on any atom is -0.294 e. The molecule has 6 heteroatoms. The van der Waals surface area contributed by atoms with Crippen molar-refractivity contribution < 1.29 is 9.59 Å². The van der Waals surface area contributed by atoms with Crippen molar-refractivity contribution in [1.82, 2.24) is 4.90 Å². The summed E-state index contributed by atoms with van der Waals surface area (Å²) >= 11 is 1.56. The highest BCUT2D eigenvalue weighted by Gasteiger charge is 2.44. The molecule has 1 atom stereocenters. The minimum atomic E-state index is -0.886. The van der Waals surface area contributed by atoms with Crippen LogP contribution < -0.4 is 0 Å². The maximum Gasteiger partial charge on any atom is 0.333 e. The first-order chi connectivity index (χ1) is 7.19. The summed E-state index contributed by atoms with van der Waals surface area (Å²) in [7, 11) is 0. The van der Waals surface area contributed by atoms with Crippen molar-refractivity contribution in [1.29, 1.82) is 0 Å². The number of allylic oxidation sites excluding steroid dienone is 1. The van der Waals surface area contributed by atoms with Crippen LogP contribution in [0.15, 0.2) is 29.1 Å². The molecule has 2 aliphatic heterocycles. The molecule has 0 radical (unpaired) electrons. The Morgan fingerprint density at radius 2 is 2.40 bits per heavy atom. The summed E-state index contributed by atoms with van der Waals surface area (Å²) < 4.78 is 0. The number of amides is 2. The van der Waals surface area contributed by atoms with Gasteiger partial charge in [-0.3, -0.25) is 14.5 Å². The summed E-state index contributed by atoms with van der Waals surface area (Å²) in [6.07, 6.45) is 1.91. The molecular formula is C9H8N2O3S. The molecular weight excluding hydrogens is 216 g/mol. The van der Waals surface area contributed by atoms with Crippen LogP contribution in [0, 0.1) is 4.91 Å². The molecule has 15 heavy (non-hydrogen) atoms. The Hall–Kier alpha value is -1.43. The number of carbonyl (C=O) groups excluding carboxylic acids is 2. The van der Waals surface area contributed by atoms with E-state index in [4.69, 9.17) is 0 Å². The average Bonchev–Trinajstić information content (AvgIpc) is 2.25. The van der Waals surface area contributed by atoms with Gasteiger partial charge in [-0.1, -0.05) is 12.7 Å². The van der Waals surface area contributed by atoms with Gasteiger partial charge in [0.1, 0.15) is 5.70 Å². The summed E-state index contributed by atoms with van der Waals surface area (Å²) in [5.74, 6) is -0.434. The third-order valence-corrected chi connectivity index (χ3v) is 3.65. The summed E-state index contributed by atoms with van der Waals surface area (Å²) in [6, 6.07) is 0. The zero-order chi connectivity index (χ0) is 11.0. The molecule has 0 spiro atoms. The van der Waals surface area contributed by atoms with Crippen molar-refractivity contribution in [2.24, 2.45) is 5.18 Å². The van der Waals surface area contributed by atoms with Gasteiger partial charge in [0.2, 0.25) is 5.91 Å². The normalized spacial score (nSPS) is 24.4. The van der Waals surface area contributed by atoms with Crippen LogP contribution in [0.5, 0.6) is 0 Å². The van der Waals surface area contributed by atoms with Gasteiger partial charge < -0.3 is 0 Å². The molecule has 1 saturated heterocycles. The maximum absolute atomic E-state index is 11.3. The van der Waals surface area contributed by atoms with Gasteiger partial charge in [-0.2, -0.15) is 0 Å². The highest BCUT2D eigenvalue weighted by molar-refractivity contribution is 8.00. The van der Waals surface area contributed by atoms with Crippen molar-refractivity contribution in [2.75, 3.05) is 5.75 Å². The maximum atomic E-state index is 11.3. The second kappa shape index (κ2) is 3.62. The molecule has 0 aliphatic carbocycles. The SMILES string of the molecule is C=CC1=C(C(=O)N=O)N2C(=O)CC2SC1. The van der Waals surface area contributed by atoms with Crippen LogP contribution in [0.3, 0.4) is 0 Å². The van der Waals surface area contributed by atoms with E-state index in [1.807, 2.05) is 0 Å². The van der Waals surface area contributed by atoms with E-state index >= 15 is 0 Å². The summed E-state index contributed by atoms with van der Waals surface area (Å²) in [5, 5.41) is 2.35. The van der Waals surface area contributed by atoms with E-state index in [-0.39, 0.29) is 17.0 Å². The fraction of sp³-hybridized carbons (Fsp3) is 0.333. The monoisotopic (exact) mass is 224 g/mol. The van der Waals surface area contributed by atoms with Crippen LogP contribution in [0.25, 0.3) is 0 Å². The highest BCUT2D eigenvalue weighted by atomic mass is 32.2. The minimum absolute atomic E-state index is 0.0121. The third kappa shape index (κ3) is 1.41. The van der Waals surface area contributed by atoms with E-state index in [0.717, 1.165) is 0 Å². The van der Waals surface area contributed by atoms with Gasteiger partial charge in [-0.25, -0.2) is 0 Å². The number of hydrogen-bond donors (Lipinski definition) is 0. The van der Waals surface area contributed by atoms with Crippen LogP contribution >= 0.6 is 11.8 Å². The fourth-order valence-electron chi connectivity index (χ4n) is 1.64. The quantitative estimate of drug-likeness (QED) is 0.519. The summed E-state index contributed by atoms with van der Waals surface area (Å²) in [5.41, 5.74) is 0.717. The van der Waals surface area contributed by atoms with E-state index in [9.17, 15) is 14.5 Å². The second-order valence-electron chi connectivity index (χ2n) is 3.21. The highest BCUT2D eigenvalue weighted by Crippen LogP contribution is 2.40. The van der Waals surface area contributed by atoms with Gasteiger partial charge in [0.15, 0.2) is 0 Å². The molecule has 2 aliphatic rings. The summed E-state index contributed by atoms with van der Waals surface area (Å²) in [4.78, 5) is 34.2. The Morgan fingerprint density at radius 3 is 2.93 bits per heavy atom. The predicted molar refractivity (Wildman–Crippen MR) is 55.7 cm³/mol. The van der Waals surface area contributed by atoms with Crippen LogP contribution in [0.1, 0.15) is 6.42 Å². The molecule has 0 N–H and O–H groups in total. The van der Waals surface area contributed by atoms with Gasteiger partial charge in [-0.05, 0) is 5.57 Å². The number of fused-ring (bicyclic) bond motifs is 1. The lowest BCUT2D eigenvalue weighted by Gasteiger charge is -2.43. The van der Waals surface area contributed by atoms with Gasteiger partial charge in [0, 0.05) is 10.9 Å². The predicted octanol–water partition coefficient (Wildman–Crippen LogP) is 1.02. The van der Waals surface area contributed by atoms with E-state index in [2.05, 4.69) is 11.8 Å². The molecule has 5 nitrogen and oxygen atoms in total. The van der Waals surface area contributed by atoms with E-state index in [1.165, 1.54) is 11.0 Å². The van der Waals surface area contributed by atoms with Crippen LogP contribution in [0.4, 0.5) is 0 Å². The Bertz CT molecular complexity index is 402. The van der Waals surface area contributed by atoms with E-state index in [1.54, 1.807) is 11.8 Å².